The van der Waals surface area contributed by atoms with Gasteiger partial charge in [0.2, 0.25) is 5.91 Å². The number of benzene rings is 2. The number of nitrogens with one attached hydrogen (secondary N) is 2. The Bertz CT molecular complexity index is 913. The van der Waals surface area contributed by atoms with Gasteiger partial charge in [0.1, 0.15) is 12.6 Å². The van der Waals surface area contributed by atoms with Crippen LogP contribution >= 0.6 is 0 Å². The minimum absolute atomic E-state index is 0.0660. The van der Waals surface area contributed by atoms with Crippen LogP contribution in [0.1, 0.15) is 37.8 Å². The molecule has 2 aromatic carbocycles. The van der Waals surface area contributed by atoms with E-state index in [-0.39, 0.29) is 12.5 Å². The second kappa shape index (κ2) is 8.98. The van der Waals surface area contributed by atoms with Crippen LogP contribution in [0.2, 0.25) is 0 Å². The van der Waals surface area contributed by atoms with Crippen molar-refractivity contribution < 1.29 is 24.2 Å². The quantitative estimate of drug-likeness (QED) is 0.650. The molecular weight excluding hydrogens is 384 g/mol. The lowest BCUT2D eigenvalue weighted by Gasteiger charge is -2.21. The predicted molar refractivity (Wildman–Crippen MR) is 112 cm³/mol. The molecule has 0 heterocycles. The van der Waals surface area contributed by atoms with Gasteiger partial charge in [0.05, 0.1) is 5.92 Å². The first kappa shape index (κ1) is 21.4. The van der Waals surface area contributed by atoms with Crippen LogP contribution in [0.15, 0.2) is 48.5 Å². The topological polar surface area (TPSA) is 105 Å². The fraction of sp³-hybridized carbons (Fsp3) is 0.348. The van der Waals surface area contributed by atoms with Gasteiger partial charge in [0.15, 0.2) is 0 Å². The SMILES string of the molecule is CC(NC(=O)OCC1c2ccccc2-c2ccccc21)C(=O)NC(C)C(C)C(=O)O. The largest absolute Gasteiger partial charge is 0.481 e. The van der Waals surface area contributed by atoms with Crippen molar-refractivity contribution in [1.29, 1.82) is 0 Å². The Labute approximate surface area is 175 Å². The van der Waals surface area contributed by atoms with Crippen LogP contribution in [-0.2, 0) is 14.3 Å². The normalized spacial score (nSPS) is 15.3. The molecule has 0 spiro atoms. The molecule has 0 fully saturated rings. The molecule has 7 nitrogen and oxygen atoms in total. The Balaban J connectivity index is 1.57. The van der Waals surface area contributed by atoms with Crippen LogP contribution in [0, 0.1) is 5.92 Å². The lowest BCUT2D eigenvalue weighted by molar-refractivity contribution is -0.142. The Morgan fingerprint density at radius 3 is 2.00 bits per heavy atom. The summed E-state index contributed by atoms with van der Waals surface area (Å²) in [5.74, 6) is -2.27. The number of carboxylic acids is 1. The number of hydrogen-bond acceptors (Lipinski definition) is 4. The first-order valence-electron chi connectivity index (χ1n) is 9.94. The van der Waals surface area contributed by atoms with Crippen LogP contribution in [0.5, 0.6) is 0 Å². The molecule has 0 saturated heterocycles. The fourth-order valence-electron chi connectivity index (χ4n) is 3.57. The van der Waals surface area contributed by atoms with E-state index in [2.05, 4.69) is 22.8 Å². The second-order valence-electron chi connectivity index (χ2n) is 7.62. The second-order valence-corrected chi connectivity index (χ2v) is 7.62. The number of amides is 2. The van der Waals surface area contributed by atoms with Crippen molar-refractivity contribution >= 4 is 18.0 Å². The molecule has 158 valence electrons. The maximum Gasteiger partial charge on any atom is 0.407 e. The lowest BCUT2D eigenvalue weighted by Crippen LogP contribution is -2.49. The van der Waals surface area contributed by atoms with Gasteiger partial charge in [-0.25, -0.2) is 4.79 Å². The first-order valence-corrected chi connectivity index (χ1v) is 9.94. The Morgan fingerprint density at radius 2 is 1.47 bits per heavy atom. The summed E-state index contributed by atoms with van der Waals surface area (Å²) in [6.07, 6.45) is -0.696. The molecule has 2 aromatic rings. The Morgan fingerprint density at radius 1 is 0.933 bits per heavy atom. The van der Waals surface area contributed by atoms with E-state index in [9.17, 15) is 14.4 Å². The number of aliphatic carboxylic acids is 1. The standard InChI is InChI=1S/C23H26N2O5/c1-13(22(27)28)14(2)24-21(26)15(3)25-23(29)30-12-20-18-10-6-4-8-16(18)17-9-5-7-11-19(17)20/h4-11,13-15,20H,12H2,1-3H3,(H,24,26)(H,25,29)(H,27,28). The summed E-state index contributed by atoms with van der Waals surface area (Å²) in [7, 11) is 0. The van der Waals surface area contributed by atoms with Crippen molar-refractivity contribution in [3.05, 3.63) is 59.7 Å². The zero-order chi connectivity index (χ0) is 21.8. The number of hydrogen-bond donors (Lipinski definition) is 3. The van der Waals surface area contributed by atoms with E-state index in [1.807, 2.05) is 36.4 Å². The van der Waals surface area contributed by atoms with Crippen LogP contribution < -0.4 is 10.6 Å². The molecule has 0 aromatic heterocycles. The molecule has 0 radical (unpaired) electrons. The molecule has 1 aliphatic carbocycles. The van der Waals surface area contributed by atoms with Crippen molar-refractivity contribution in [3.8, 4) is 11.1 Å². The minimum atomic E-state index is -1.00. The van der Waals surface area contributed by atoms with Gasteiger partial charge in [-0.05, 0) is 43.0 Å². The van der Waals surface area contributed by atoms with E-state index in [0.717, 1.165) is 22.3 Å². The van der Waals surface area contributed by atoms with Gasteiger partial charge in [-0.3, -0.25) is 9.59 Å². The zero-order valence-electron chi connectivity index (χ0n) is 17.2. The number of fused-ring (bicyclic) bond motifs is 3. The van der Waals surface area contributed by atoms with Crippen molar-refractivity contribution in [2.24, 2.45) is 5.92 Å². The molecule has 0 aliphatic heterocycles. The highest BCUT2D eigenvalue weighted by molar-refractivity contribution is 5.86. The number of rotatable bonds is 7. The molecular formula is C23H26N2O5. The van der Waals surface area contributed by atoms with Gasteiger partial charge in [0, 0.05) is 12.0 Å². The maximum absolute atomic E-state index is 12.3. The summed E-state index contributed by atoms with van der Waals surface area (Å²) in [5, 5.41) is 14.1. The Kier molecular flexibility index (Phi) is 6.40. The van der Waals surface area contributed by atoms with Gasteiger partial charge in [0.25, 0.3) is 0 Å². The summed E-state index contributed by atoms with van der Waals surface area (Å²) in [4.78, 5) is 35.5. The smallest absolute Gasteiger partial charge is 0.407 e. The van der Waals surface area contributed by atoms with E-state index in [1.54, 1.807) is 6.92 Å². The molecule has 3 N–H and O–H groups in total. The monoisotopic (exact) mass is 410 g/mol. The third kappa shape index (κ3) is 4.45. The molecule has 2 amide bonds. The zero-order valence-corrected chi connectivity index (χ0v) is 17.2. The van der Waals surface area contributed by atoms with Crippen molar-refractivity contribution in [2.75, 3.05) is 6.61 Å². The highest BCUT2D eigenvalue weighted by Crippen LogP contribution is 2.44. The molecule has 7 heteroatoms. The lowest BCUT2D eigenvalue weighted by atomic mass is 9.98. The summed E-state index contributed by atoms with van der Waals surface area (Å²) >= 11 is 0. The summed E-state index contributed by atoms with van der Waals surface area (Å²) in [6, 6.07) is 14.6. The number of carbonyl (C=O) groups excluding carboxylic acids is 2. The fourth-order valence-corrected chi connectivity index (χ4v) is 3.57. The summed E-state index contributed by atoms with van der Waals surface area (Å²) in [5.41, 5.74) is 4.48. The third-order valence-electron chi connectivity index (χ3n) is 5.58. The van der Waals surface area contributed by atoms with E-state index in [4.69, 9.17) is 9.84 Å². The molecule has 30 heavy (non-hydrogen) atoms. The Hall–Kier alpha value is -3.35. The molecule has 0 saturated carbocycles. The average molecular weight is 410 g/mol. The third-order valence-corrected chi connectivity index (χ3v) is 5.58. The number of carboxylic acid groups (broad SMARTS) is 1. The number of ether oxygens (including phenoxy) is 1. The van der Waals surface area contributed by atoms with Gasteiger partial charge in [-0.15, -0.1) is 0 Å². The van der Waals surface area contributed by atoms with Crippen LogP contribution in [-0.4, -0.2) is 41.8 Å². The number of alkyl carbamates (subject to hydrolysis) is 1. The van der Waals surface area contributed by atoms with Gasteiger partial charge >= 0.3 is 12.1 Å². The van der Waals surface area contributed by atoms with Gasteiger partial charge in [-0.1, -0.05) is 48.5 Å². The van der Waals surface area contributed by atoms with Crippen molar-refractivity contribution in [1.82, 2.24) is 10.6 Å². The number of carbonyl (C=O) groups is 3. The summed E-state index contributed by atoms with van der Waals surface area (Å²) < 4.78 is 5.43. The molecule has 0 bridgehead atoms. The minimum Gasteiger partial charge on any atom is -0.481 e. The van der Waals surface area contributed by atoms with E-state index < -0.39 is 36.0 Å². The maximum atomic E-state index is 12.3. The summed E-state index contributed by atoms with van der Waals surface area (Å²) in [6.45, 7) is 4.79. The molecule has 3 rings (SSSR count). The van der Waals surface area contributed by atoms with Gasteiger partial charge < -0.3 is 20.5 Å². The van der Waals surface area contributed by atoms with Crippen LogP contribution in [0.4, 0.5) is 4.79 Å². The molecule has 3 atom stereocenters. The van der Waals surface area contributed by atoms with E-state index >= 15 is 0 Å². The van der Waals surface area contributed by atoms with Crippen molar-refractivity contribution in [2.45, 2.75) is 38.8 Å². The van der Waals surface area contributed by atoms with Gasteiger partial charge in [-0.2, -0.15) is 0 Å². The highest BCUT2D eigenvalue weighted by Gasteiger charge is 2.29. The first-order chi connectivity index (χ1) is 14.3. The van der Waals surface area contributed by atoms with Crippen molar-refractivity contribution in [3.63, 3.8) is 0 Å². The van der Waals surface area contributed by atoms with E-state index in [0.29, 0.717) is 0 Å². The van der Waals surface area contributed by atoms with Crippen LogP contribution in [0.25, 0.3) is 11.1 Å². The van der Waals surface area contributed by atoms with Crippen LogP contribution in [0.3, 0.4) is 0 Å². The van der Waals surface area contributed by atoms with E-state index in [1.165, 1.54) is 13.8 Å². The highest BCUT2D eigenvalue weighted by atomic mass is 16.5. The molecule has 3 unspecified atom stereocenters. The predicted octanol–water partition coefficient (Wildman–Crippen LogP) is 3.14. The molecule has 1 aliphatic rings. The average Bonchev–Trinajstić information content (AvgIpc) is 3.05.